The molecule has 1 aromatic carbocycles. The van der Waals surface area contributed by atoms with Crippen LogP contribution >= 0.6 is 0 Å². The molecule has 1 rings (SSSR count). The van der Waals surface area contributed by atoms with Crippen molar-refractivity contribution in [1.82, 2.24) is 0 Å². The first kappa shape index (κ1) is 8.98. The molecule has 12 heavy (non-hydrogen) atoms. The van der Waals surface area contributed by atoms with Crippen LogP contribution in [0.2, 0.25) is 6.82 Å². The van der Waals surface area contributed by atoms with E-state index in [0.29, 0.717) is 0 Å². The first-order valence-electron chi connectivity index (χ1n) is 3.82. The van der Waals surface area contributed by atoms with Crippen LogP contribution in [0.3, 0.4) is 0 Å². The van der Waals surface area contributed by atoms with E-state index in [1.54, 1.807) is 14.2 Å². The van der Waals surface area contributed by atoms with E-state index in [0.717, 1.165) is 17.0 Å². The molecule has 0 amide bonds. The van der Waals surface area contributed by atoms with Crippen LogP contribution in [0.25, 0.3) is 0 Å². The maximum Gasteiger partial charge on any atom is 0.148 e. The van der Waals surface area contributed by atoms with Gasteiger partial charge in [0.15, 0.2) is 0 Å². The molecule has 0 unspecified atom stereocenters. The third-order valence-corrected chi connectivity index (χ3v) is 1.71. The smallest absolute Gasteiger partial charge is 0.148 e. The van der Waals surface area contributed by atoms with E-state index in [9.17, 15) is 0 Å². The van der Waals surface area contributed by atoms with E-state index in [-0.39, 0.29) is 0 Å². The Kier molecular flexibility index (Phi) is 3.03. The minimum absolute atomic E-state index is 0.822. The Morgan fingerprint density at radius 2 is 1.50 bits per heavy atom. The highest BCUT2D eigenvalue weighted by atomic mass is 16.5. The van der Waals surface area contributed by atoms with Gasteiger partial charge in [0.05, 0.1) is 14.2 Å². The summed E-state index contributed by atoms with van der Waals surface area (Å²) < 4.78 is 10.2. The van der Waals surface area contributed by atoms with Crippen molar-refractivity contribution in [3.8, 4) is 11.5 Å². The van der Waals surface area contributed by atoms with Crippen LogP contribution in [0.5, 0.6) is 11.5 Å². The zero-order valence-electron chi connectivity index (χ0n) is 7.63. The normalized spacial score (nSPS) is 9.25. The van der Waals surface area contributed by atoms with Gasteiger partial charge in [-0.25, -0.2) is 0 Å². The fraction of sp³-hybridized carbons (Fsp3) is 0.333. The molecule has 63 valence electrons. The van der Waals surface area contributed by atoms with E-state index in [1.165, 1.54) is 0 Å². The molecule has 1 radical (unpaired) electrons. The lowest BCUT2D eigenvalue weighted by atomic mass is 9.73. The average Bonchev–Trinajstić information content (AvgIpc) is 2.16. The Hall–Kier alpha value is -1.12. The molecule has 0 aliphatic heterocycles. The fourth-order valence-electron chi connectivity index (χ4n) is 0.996. The zero-order chi connectivity index (χ0) is 8.97. The van der Waals surface area contributed by atoms with Gasteiger partial charge < -0.3 is 9.47 Å². The number of hydrogen-bond acceptors (Lipinski definition) is 2. The van der Waals surface area contributed by atoms with Gasteiger partial charge in [0.2, 0.25) is 0 Å². The molecule has 0 heterocycles. The molecule has 1 aromatic rings. The summed E-state index contributed by atoms with van der Waals surface area (Å²) in [6.45, 7) is 1.98. The second-order valence-electron chi connectivity index (χ2n) is 2.43. The summed E-state index contributed by atoms with van der Waals surface area (Å²) in [4.78, 5) is 0. The molecular formula is C9H12BO2. The first-order chi connectivity index (χ1) is 5.80. The topological polar surface area (TPSA) is 18.5 Å². The molecular weight excluding hydrogens is 151 g/mol. The van der Waals surface area contributed by atoms with Crippen molar-refractivity contribution in [1.29, 1.82) is 0 Å². The van der Waals surface area contributed by atoms with E-state index < -0.39 is 0 Å². The predicted molar refractivity (Wildman–Crippen MR) is 50.8 cm³/mol. The molecule has 0 N–H and O–H groups in total. The van der Waals surface area contributed by atoms with Crippen molar-refractivity contribution in [3.63, 3.8) is 0 Å². The quantitative estimate of drug-likeness (QED) is 0.620. The van der Waals surface area contributed by atoms with Gasteiger partial charge >= 0.3 is 0 Å². The van der Waals surface area contributed by atoms with Gasteiger partial charge in [0, 0.05) is 6.07 Å². The molecule has 0 saturated heterocycles. The summed E-state index contributed by atoms with van der Waals surface area (Å²) in [5.74, 6) is 1.64. The van der Waals surface area contributed by atoms with Crippen molar-refractivity contribution >= 4 is 12.7 Å². The lowest BCUT2D eigenvalue weighted by molar-refractivity contribution is 0.395. The Morgan fingerprint density at radius 3 is 1.83 bits per heavy atom. The van der Waals surface area contributed by atoms with Crippen molar-refractivity contribution < 1.29 is 9.47 Å². The molecule has 0 atom stereocenters. The summed E-state index contributed by atoms with van der Waals surface area (Å²) in [7, 11) is 5.30. The van der Waals surface area contributed by atoms with E-state index in [4.69, 9.17) is 9.47 Å². The standard InChI is InChI=1S/C9H12BO2/c1-10-7-4-8(11-2)6-9(5-7)12-3/h4-6H,1-3H3. The van der Waals surface area contributed by atoms with E-state index in [2.05, 4.69) is 0 Å². The Bertz CT molecular complexity index is 205. The van der Waals surface area contributed by atoms with Crippen molar-refractivity contribution in [2.75, 3.05) is 14.2 Å². The third kappa shape index (κ3) is 1.94. The summed E-state index contributed by atoms with van der Waals surface area (Å²) in [6, 6.07) is 5.78. The molecule has 0 aliphatic carbocycles. The number of hydrogen-bond donors (Lipinski definition) is 0. The number of benzene rings is 1. The second kappa shape index (κ2) is 4.05. The van der Waals surface area contributed by atoms with Gasteiger partial charge in [-0.2, -0.15) is 0 Å². The highest BCUT2D eigenvalue weighted by Crippen LogP contribution is 2.16. The lowest BCUT2D eigenvalue weighted by Gasteiger charge is -2.06. The number of rotatable bonds is 3. The maximum absolute atomic E-state index is 5.10. The van der Waals surface area contributed by atoms with Gasteiger partial charge in [-0.05, 0) is 12.1 Å². The van der Waals surface area contributed by atoms with Gasteiger partial charge in [-0.1, -0.05) is 12.3 Å². The Balaban J connectivity index is 3.01. The number of methoxy groups -OCH3 is 2. The number of ether oxygens (including phenoxy) is 2. The molecule has 0 bridgehead atoms. The fourth-order valence-corrected chi connectivity index (χ4v) is 0.996. The second-order valence-corrected chi connectivity index (χ2v) is 2.43. The summed E-state index contributed by atoms with van der Waals surface area (Å²) >= 11 is 0. The highest BCUT2D eigenvalue weighted by molar-refractivity contribution is 6.52. The van der Waals surface area contributed by atoms with Gasteiger partial charge in [0.25, 0.3) is 0 Å². The van der Waals surface area contributed by atoms with Crippen LogP contribution in [0.15, 0.2) is 18.2 Å². The lowest BCUT2D eigenvalue weighted by Crippen LogP contribution is -2.10. The van der Waals surface area contributed by atoms with Crippen molar-refractivity contribution in [3.05, 3.63) is 18.2 Å². The van der Waals surface area contributed by atoms with Gasteiger partial charge in [0.1, 0.15) is 18.8 Å². The minimum Gasteiger partial charge on any atom is -0.497 e. The molecule has 0 fully saturated rings. The van der Waals surface area contributed by atoms with Gasteiger partial charge in [-0.15, -0.1) is 0 Å². The third-order valence-electron chi connectivity index (χ3n) is 1.71. The molecule has 0 spiro atoms. The molecule has 0 aliphatic rings. The van der Waals surface area contributed by atoms with Crippen LogP contribution in [-0.2, 0) is 0 Å². The van der Waals surface area contributed by atoms with Crippen molar-refractivity contribution in [2.45, 2.75) is 6.82 Å². The largest absolute Gasteiger partial charge is 0.497 e. The van der Waals surface area contributed by atoms with Gasteiger partial charge in [-0.3, -0.25) is 0 Å². The Morgan fingerprint density at radius 1 is 1.00 bits per heavy atom. The molecule has 2 nitrogen and oxygen atoms in total. The van der Waals surface area contributed by atoms with E-state index in [1.807, 2.05) is 32.3 Å². The van der Waals surface area contributed by atoms with E-state index >= 15 is 0 Å². The van der Waals surface area contributed by atoms with Crippen LogP contribution in [0.4, 0.5) is 0 Å². The Labute approximate surface area is 73.7 Å². The minimum atomic E-state index is 0.822. The van der Waals surface area contributed by atoms with Crippen LogP contribution < -0.4 is 14.9 Å². The zero-order valence-corrected chi connectivity index (χ0v) is 7.63. The molecule has 3 heteroatoms. The van der Waals surface area contributed by atoms with Crippen LogP contribution in [0, 0.1) is 0 Å². The van der Waals surface area contributed by atoms with Crippen LogP contribution in [0.1, 0.15) is 0 Å². The van der Waals surface area contributed by atoms with Crippen molar-refractivity contribution in [2.24, 2.45) is 0 Å². The monoisotopic (exact) mass is 163 g/mol. The SMILES string of the molecule is C[B]c1cc(OC)cc(OC)c1. The van der Waals surface area contributed by atoms with Crippen LogP contribution in [-0.4, -0.2) is 21.5 Å². The highest BCUT2D eigenvalue weighted by Gasteiger charge is 1.99. The summed E-state index contributed by atoms with van der Waals surface area (Å²) in [5, 5.41) is 0. The summed E-state index contributed by atoms with van der Waals surface area (Å²) in [5.41, 5.74) is 1.10. The first-order valence-corrected chi connectivity index (χ1v) is 3.82. The molecule has 0 saturated carbocycles. The maximum atomic E-state index is 5.10. The average molecular weight is 163 g/mol. The predicted octanol–water partition coefficient (Wildman–Crippen LogP) is 1.08. The molecule has 0 aromatic heterocycles. The summed E-state index contributed by atoms with van der Waals surface area (Å²) in [6.07, 6.45) is 0.